The lowest BCUT2D eigenvalue weighted by atomic mass is 9.92. The maximum atomic E-state index is 2.42. The molecule has 8 aromatic carbocycles. The molecule has 0 radical (unpaired) electrons. The largest absolute Gasteiger partial charge is 0.135 e. The number of thiophene rings is 1. The topological polar surface area (TPSA) is 0 Å². The van der Waals surface area contributed by atoms with Crippen LogP contribution in [-0.4, -0.2) is 0 Å². The second kappa shape index (κ2) is 8.57. The first-order valence-electron chi connectivity index (χ1n) is 15.6. The zero-order chi connectivity index (χ0) is 29.2. The van der Waals surface area contributed by atoms with Crippen LogP contribution in [0.4, 0.5) is 0 Å². The molecule has 0 bridgehead atoms. The predicted molar refractivity (Wildman–Crippen MR) is 194 cm³/mol. The van der Waals surface area contributed by atoms with E-state index >= 15 is 0 Å². The number of benzene rings is 8. The molecule has 2 aliphatic rings. The Morgan fingerprint density at radius 1 is 0.267 bits per heavy atom. The van der Waals surface area contributed by atoms with Crippen LogP contribution >= 0.6 is 11.3 Å². The van der Waals surface area contributed by atoms with Crippen LogP contribution in [-0.2, 0) is 0 Å². The molecule has 0 nitrogen and oxygen atoms in total. The molecule has 0 saturated heterocycles. The summed E-state index contributed by atoms with van der Waals surface area (Å²) in [5.41, 5.74) is 15.9. The molecular formula is C44H24S. The molecule has 0 aliphatic heterocycles. The van der Waals surface area contributed by atoms with Crippen LogP contribution in [0.3, 0.4) is 0 Å². The molecule has 1 heteroatoms. The Balaban J connectivity index is 1.10. The van der Waals surface area contributed by atoms with Crippen molar-refractivity contribution in [2.75, 3.05) is 0 Å². The minimum Gasteiger partial charge on any atom is -0.135 e. The minimum absolute atomic E-state index is 1.27. The fourth-order valence-electron chi connectivity index (χ4n) is 8.23. The van der Waals surface area contributed by atoms with E-state index in [1.807, 2.05) is 11.3 Å². The van der Waals surface area contributed by atoms with Crippen molar-refractivity contribution in [2.24, 2.45) is 0 Å². The van der Waals surface area contributed by atoms with Crippen molar-refractivity contribution in [3.8, 4) is 66.8 Å². The van der Waals surface area contributed by atoms with E-state index in [1.54, 1.807) is 0 Å². The van der Waals surface area contributed by atoms with Gasteiger partial charge in [-0.05, 0) is 113 Å². The van der Waals surface area contributed by atoms with Gasteiger partial charge in [0.25, 0.3) is 0 Å². The summed E-state index contributed by atoms with van der Waals surface area (Å²) >= 11 is 1.89. The molecule has 0 saturated carbocycles. The van der Waals surface area contributed by atoms with Crippen LogP contribution in [0, 0.1) is 0 Å². The maximum absolute atomic E-state index is 2.42. The first-order chi connectivity index (χ1) is 22.3. The highest BCUT2D eigenvalue weighted by molar-refractivity contribution is 7.25. The van der Waals surface area contributed by atoms with Crippen molar-refractivity contribution in [1.82, 2.24) is 0 Å². The van der Waals surface area contributed by atoms with E-state index in [0.29, 0.717) is 0 Å². The SMILES string of the molecule is c1ccc2c(c1)-c1cccc3c(-c4ccc5sc6ccc(-c7ccc8c9c(cccc79)-c7ccccc7-8)cc6c5c4)ccc-2c13. The zero-order valence-corrected chi connectivity index (χ0v) is 25.1. The standard InChI is InChI=1S/C44H24S/c1-3-9-31-29(7-1)35-13-5-11-33-27(17-19-37(31)43(33)35)25-15-21-41-39(23-25)40-24-26(16-22-42(40)45-41)28-18-20-38-32-10-4-2-8-30(32)36-14-6-12-34(28)44(36)38/h1-24H. The molecular weight excluding hydrogens is 561 g/mol. The Bertz CT molecular complexity index is 2510. The number of hydrogen-bond acceptors (Lipinski definition) is 1. The first kappa shape index (κ1) is 23.9. The van der Waals surface area contributed by atoms with Crippen molar-refractivity contribution >= 4 is 53.1 Å². The van der Waals surface area contributed by atoms with Gasteiger partial charge in [-0.1, -0.05) is 121 Å². The molecule has 206 valence electrons. The molecule has 0 amide bonds. The second-order valence-electron chi connectivity index (χ2n) is 12.4. The van der Waals surface area contributed by atoms with Crippen LogP contribution in [0.5, 0.6) is 0 Å². The molecule has 11 rings (SSSR count). The molecule has 1 aromatic heterocycles. The van der Waals surface area contributed by atoms with Gasteiger partial charge in [-0.15, -0.1) is 11.3 Å². The average Bonchev–Trinajstić information content (AvgIpc) is 3.75. The second-order valence-corrected chi connectivity index (χ2v) is 13.5. The summed E-state index contributed by atoms with van der Waals surface area (Å²) in [5, 5.41) is 8.08. The predicted octanol–water partition coefficient (Wildman–Crippen LogP) is 13.0. The van der Waals surface area contributed by atoms with Gasteiger partial charge in [-0.2, -0.15) is 0 Å². The maximum Gasteiger partial charge on any atom is 0.0355 e. The lowest BCUT2D eigenvalue weighted by Gasteiger charge is -2.11. The summed E-state index contributed by atoms with van der Waals surface area (Å²) in [6, 6.07) is 54.6. The third-order valence-electron chi connectivity index (χ3n) is 10.2. The fourth-order valence-corrected chi connectivity index (χ4v) is 9.30. The summed E-state index contributed by atoms with van der Waals surface area (Å²) in [6.45, 7) is 0. The molecule has 0 atom stereocenters. The molecule has 2 aliphatic carbocycles. The average molecular weight is 585 g/mol. The van der Waals surface area contributed by atoms with Gasteiger partial charge >= 0.3 is 0 Å². The number of hydrogen-bond donors (Lipinski definition) is 0. The Morgan fingerprint density at radius 3 is 1.09 bits per heavy atom. The Hall–Kier alpha value is -5.50. The number of fused-ring (bicyclic) bond motifs is 9. The zero-order valence-electron chi connectivity index (χ0n) is 24.3. The van der Waals surface area contributed by atoms with Crippen molar-refractivity contribution in [1.29, 1.82) is 0 Å². The van der Waals surface area contributed by atoms with Gasteiger partial charge in [-0.25, -0.2) is 0 Å². The molecule has 0 N–H and O–H groups in total. The summed E-state index contributed by atoms with van der Waals surface area (Å²) < 4.78 is 2.67. The quantitative estimate of drug-likeness (QED) is 0.190. The fraction of sp³-hybridized carbons (Fsp3) is 0. The highest BCUT2D eigenvalue weighted by Crippen LogP contribution is 2.51. The molecule has 0 spiro atoms. The summed E-state index contributed by atoms with van der Waals surface area (Å²) in [4.78, 5) is 0. The van der Waals surface area contributed by atoms with Gasteiger partial charge < -0.3 is 0 Å². The smallest absolute Gasteiger partial charge is 0.0355 e. The van der Waals surface area contributed by atoms with Crippen LogP contribution in [0.2, 0.25) is 0 Å². The van der Waals surface area contributed by atoms with Gasteiger partial charge in [-0.3, -0.25) is 0 Å². The first-order valence-corrected chi connectivity index (χ1v) is 16.4. The van der Waals surface area contributed by atoms with E-state index in [1.165, 1.54) is 108 Å². The summed E-state index contributed by atoms with van der Waals surface area (Å²) in [6.07, 6.45) is 0. The monoisotopic (exact) mass is 584 g/mol. The van der Waals surface area contributed by atoms with Crippen molar-refractivity contribution in [2.45, 2.75) is 0 Å². The number of rotatable bonds is 2. The van der Waals surface area contributed by atoms with Crippen molar-refractivity contribution in [3.63, 3.8) is 0 Å². The lowest BCUT2D eigenvalue weighted by Crippen LogP contribution is -1.84. The molecule has 0 fully saturated rings. The van der Waals surface area contributed by atoms with Crippen molar-refractivity contribution in [3.05, 3.63) is 146 Å². The van der Waals surface area contributed by atoms with Gasteiger partial charge in [0.1, 0.15) is 0 Å². The van der Waals surface area contributed by atoms with Crippen LogP contribution < -0.4 is 0 Å². The Labute approximate surface area is 264 Å². The summed E-state index contributed by atoms with van der Waals surface area (Å²) in [5.74, 6) is 0. The van der Waals surface area contributed by atoms with Crippen LogP contribution in [0.15, 0.2) is 146 Å². The Morgan fingerprint density at radius 2 is 0.644 bits per heavy atom. The van der Waals surface area contributed by atoms with E-state index < -0.39 is 0 Å². The molecule has 1 heterocycles. The molecule has 45 heavy (non-hydrogen) atoms. The van der Waals surface area contributed by atoms with E-state index in [2.05, 4.69) is 146 Å². The summed E-state index contributed by atoms with van der Waals surface area (Å²) in [7, 11) is 0. The highest BCUT2D eigenvalue weighted by atomic mass is 32.1. The van der Waals surface area contributed by atoms with Crippen LogP contribution in [0.25, 0.3) is 108 Å². The normalized spacial score (nSPS) is 12.4. The van der Waals surface area contributed by atoms with Gasteiger partial charge in [0.05, 0.1) is 0 Å². The van der Waals surface area contributed by atoms with Gasteiger partial charge in [0, 0.05) is 20.2 Å². The van der Waals surface area contributed by atoms with E-state index in [9.17, 15) is 0 Å². The van der Waals surface area contributed by atoms with E-state index in [0.717, 1.165) is 0 Å². The molecule has 9 aromatic rings. The lowest BCUT2D eigenvalue weighted by molar-refractivity contribution is 1.69. The third kappa shape index (κ3) is 3.11. The molecule has 0 unspecified atom stereocenters. The third-order valence-corrected chi connectivity index (χ3v) is 11.3. The van der Waals surface area contributed by atoms with E-state index in [-0.39, 0.29) is 0 Å². The van der Waals surface area contributed by atoms with E-state index in [4.69, 9.17) is 0 Å². The van der Waals surface area contributed by atoms with Crippen molar-refractivity contribution < 1.29 is 0 Å². The van der Waals surface area contributed by atoms with Crippen LogP contribution in [0.1, 0.15) is 0 Å². The van der Waals surface area contributed by atoms with Gasteiger partial charge in [0.15, 0.2) is 0 Å². The Kier molecular flexibility index (Phi) is 4.55. The van der Waals surface area contributed by atoms with Gasteiger partial charge in [0.2, 0.25) is 0 Å². The highest BCUT2D eigenvalue weighted by Gasteiger charge is 2.24. The minimum atomic E-state index is 1.27.